The van der Waals surface area contributed by atoms with E-state index in [9.17, 15) is 4.79 Å². The summed E-state index contributed by atoms with van der Waals surface area (Å²) in [6.07, 6.45) is 3.37. The molecule has 2 N–H and O–H groups in total. The van der Waals surface area contributed by atoms with Crippen molar-refractivity contribution in [2.45, 2.75) is 19.8 Å². The smallest absolute Gasteiger partial charge is 0.274 e. The maximum absolute atomic E-state index is 12.2. The van der Waals surface area contributed by atoms with Crippen molar-refractivity contribution in [2.75, 3.05) is 17.2 Å². The van der Waals surface area contributed by atoms with Crippen molar-refractivity contribution >= 4 is 17.3 Å². The van der Waals surface area contributed by atoms with Gasteiger partial charge >= 0.3 is 0 Å². The molecule has 1 amide bonds. The summed E-state index contributed by atoms with van der Waals surface area (Å²) >= 11 is 0. The second kappa shape index (κ2) is 7.41. The molecule has 0 saturated carbocycles. The van der Waals surface area contributed by atoms with E-state index in [0.29, 0.717) is 18.2 Å². The number of hydrogen-bond acceptors (Lipinski definition) is 3. The largest absolute Gasteiger partial charge is 0.381 e. The maximum atomic E-state index is 12.2. The topological polar surface area (TPSA) is 54.0 Å². The number of pyridine rings is 1. The van der Waals surface area contributed by atoms with E-state index in [-0.39, 0.29) is 5.91 Å². The Labute approximate surface area is 131 Å². The van der Waals surface area contributed by atoms with Crippen LogP contribution in [0.15, 0.2) is 55.3 Å². The summed E-state index contributed by atoms with van der Waals surface area (Å²) in [5, 5.41) is 5.99. The Morgan fingerprint density at radius 3 is 2.59 bits per heavy atom. The molecule has 4 heteroatoms. The van der Waals surface area contributed by atoms with Crippen molar-refractivity contribution in [3.63, 3.8) is 0 Å². The molecular formula is C18H21N3O. The summed E-state index contributed by atoms with van der Waals surface area (Å²) in [6, 6.07) is 11.4. The second-order valence-corrected chi connectivity index (χ2v) is 5.33. The Kier molecular flexibility index (Phi) is 5.31. The molecule has 0 bridgehead atoms. The SMILES string of the molecule is C=CCNc1ccnc(C(=O)Nc2ccc(C(C)C)cc2)c1. The van der Waals surface area contributed by atoms with Crippen molar-refractivity contribution < 1.29 is 4.79 Å². The zero-order chi connectivity index (χ0) is 15.9. The van der Waals surface area contributed by atoms with Crippen LogP contribution >= 0.6 is 0 Å². The van der Waals surface area contributed by atoms with E-state index in [0.717, 1.165) is 11.4 Å². The van der Waals surface area contributed by atoms with Gasteiger partial charge in [-0.3, -0.25) is 9.78 Å². The van der Waals surface area contributed by atoms with Gasteiger partial charge in [0.05, 0.1) is 0 Å². The molecule has 0 aliphatic carbocycles. The molecule has 0 unspecified atom stereocenters. The molecule has 0 fully saturated rings. The second-order valence-electron chi connectivity index (χ2n) is 5.33. The van der Waals surface area contributed by atoms with Gasteiger partial charge in [-0.25, -0.2) is 0 Å². The van der Waals surface area contributed by atoms with Crippen LogP contribution < -0.4 is 10.6 Å². The molecule has 0 aliphatic heterocycles. The highest BCUT2D eigenvalue weighted by Crippen LogP contribution is 2.18. The number of aromatic nitrogens is 1. The molecule has 2 rings (SSSR count). The van der Waals surface area contributed by atoms with Crippen LogP contribution in [0.25, 0.3) is 0 Å². The average Bonchev–Trinajstić information content (AvgIpc) is 2.53. The van der Waals surface area contributed by atoms with Gasteiger partial charge in [-0.2, -0.15) is 0 Å². The normalized spacial score (nSPS) is 10.3. The summed E-state index contributed by atoms with van der Waals surface area (Å²) in [5.74, 6) is 0.249. The first-order valence-electron chi connectivity index (χ1n) is 7.32. The highest BCUT2D eigenvalue weighted by molar-refractivity contribution is 6.03. The Bertz CT molecular complexity index is 648. The number of carbonyl (C=O) groups is 1. The molecule has 0 radical (unpaired) electrons. The summed E-state index contributed by atoms with van der Waals surface area (Å²) in [6.45, 7) is 8.57. The van der Waals surface area contributed by atoms with Gasteiger partial charge in [0.25, 0.3) is 5.91 Å². The number of nitrogens with one attached hydrogen (secondary N) is 2. The number of anilines is 2. The third-order valence-electron chi connectivity index (χ3n) is 3.28. The van der Waals surface area contributed by atoms with Crippen LogP contribution in [-0.4, -0.2) is 17.4 Å². The zero-order valence-corrected chi connectivity index (χ0v) is 13.0. The molecule has 1 aromatic carbocycles. The van der Waals surface area contributed by atoms with Crippen LogP contribution in [0.4, 0.5) is 11.4 Å². The van der Waals surface area contributed by atoms with Crippen molar-refractivity contribution in [1.29, 1.82) is 0 Å². The Morgan fingerprint density at radius 1 is 1.23 bits per heavy atom. The first-order chi connectivity index (χ1) is 10.6. The summed E-state index contributed by atoms with van der Waals surface area (Å²) < 4.78 is 0. The Balaban J connectivity index is 2.06. The Hall–Kier alpha value is -2.62. The highest BCUT2D eigenvalue weighted by Gasteiger charge is 2.08. The number of nitrogens with zero attached hydrogens (tertiary/aromatic N) is 1. The van der Waals surface area contributed by atoms with Gasteiger partial charge in [0.15, 0.2) is 0 Å². The van der Waals surface area contributed by atoms with E-state index in [1.807, 2.05) is 30.3 Å². The standard InChI is InChI=1S/C18H21N3O/c1-4-10-19-16-9-11-20-17(12-16)18(22)21-15-7-5-14(6-8-15)13(2)3/h4-9,11-13H,1,10H2,2-3H3,(H,19,20)(H,21,22). The summed E-state index contributed by atoms with van der Waals surface area (Å²) in [7, 11) is 0. The van der Waals surface area contributed by atoms with Crippen molar-refractivity contribution in [3.8, 4) is 0 Å². The van der Waals surface area contributed by atoms with Crippen molar-refractivity contribution in [2.24, 2.45) is 0 Å². The van der Waals surface area contributed by atoms with E-state index in [1.165, 1.54) is 5.56 Å². The lowest BCUT2D eigenvalue weighted by Crippen LogP contribution is -2.14. The fourth-order valence-electron chi connectivity index (χ4n) is 2.00. The van der Waals surface area contributed by atoms with Gasteiger partial charge in [-0.1, -0.05) is 32.1 Å². The van der Waals surface area contributed by atoms with Crippen LogP contribution in [0.2, 0.25) is 0 Å². The first kappa shape index (κ1) is 15.8. The Morgan fingerprint density at radius 2 is 1.95 bits per heavy atom. The molecule has 4 nitrogen and oxygen atoms in total. The van der Waals surface area contributed by atoms with E-state index in [2.05, 4.69) is 36.0 Å². The highest BCUT2D eigenvalue weighted by atomic mass is 16.1. The molecule has 1 aromatic heterocycles. The molecule has 114 valence electrons. The van der Waals surface area contributed by atoms with Gasteiger partial charge in [0, 0.05) is 24.1 Å². The average molecular weight is 295 g/mol. The fourth-order valence-corrected chi connectivity index (χ4v) is 2.00. The maximum Gasteiger partial charge on any atom is 0.274 e. The van der Waals surface area contributed by atoms with Gasteiger partial charge < -0.3 is 10.6 Å². The lowest BCUT2D eigenvalue weighted by atomic mass is 10.0. The monoisotopic (exact) mass is 295 g/mol. The number of amides is 1. The number of carbonyl (C=O) groups excluding carboxylic acids is 1. The lowest BCUT2D eigenvalue weighted by molar-refractivity contribution is 0.102. The van der Waals surface area contributed by atoms with Crippen LogP contribution in [0.5, 0.6) is 0 Å². The molecule has 0 atom stereocenters. The molecule has 0 aliphatic rings. The lowest BCUT2D eigenvalue weighted by Gasteiger charge is -2.09. The van der Waals surface area contributed by atoms with Gasteiger partial charge in [0.2, 0.25) is 0 Å². The third-order valence-corrected chi connectivity index (χ3v) is 3.28. The predicted molar refractivity (Wildman–Crippen MR) is 91.4 cm³/mol. The number of hydrogen-bond donors (Lipinski definition) is 2. The van der Waals surface area contributed by atoms with Crippen LogP contribution in [0, 0.1) is 0 Å². The van der Waals surface area contributed by atoms with Crippen LogP contribution in [0.1, 0.15) is 35.8 Å². The zero-order valence-electron chi connectivity index (χ0n) is 13.0. The van der Waals surface area contributed by atoms with Gasteiger partial charge in [-0.15, -0.1) is 6.58 Å². The predicted octanol–water partition coefficient (Wildman–Crippen LogP) is 4.06. The molecular weight excluding hydrogens is 274 g/mol. The number of rotatable bonds is 6. The summed E-state index contributed by atoms with van der Waals surface area (Å²) in [4.78, 5) is 16.3. The third kappa shape index (κ3) is 4.19. The minimum absolute atomic E-state index is 0.223. The van der Waals surface area contributed by atoms with Crippen molar-refractivity contribution in [3.05, 3.63) is 66.5 Å². The minimum atomic E-state index is -0.223. The fraction of sp³-hybridized carbons (Fsp3) is 0.222. The van der Waals surface area contributed by atoms with E-state index in [1.54, 1.807) is 18.3 Å². The first-order valence-corrected chi connectivity index (χ1v) is 7.32. The van der Waals surface area contributed by atoms with E-state index >= 15 is 0 Å². The van der Waals surface area contributed by atoms with Crippen LogP contribution in [0.3, 0.4) is 0 Å². The minimum Gasteiger partial charge on any atom is -0.381 e. The molecule has 2 aromatic rings. The van der Waals surface area contributed by atoms with Gasteiger partial charge in [-0.05, 0) is 35.7 Å². The van der Waals surface area contributed by atoms with Gasteiger partial charge in [0.1, 0.15) is 5.69 Å². The molecule has 0 spiro atoms. The van der Waals surface area contributed by atoms with E-state index < -0.39 is 0 Å². The summed E-state index contributed by atoms with van der Waals surface area (Å²) in [5.41, 5.74) is 3.23. The van der Waals surface area contributed by atoms with Crippen LogP contribution in [-0.2, 0) is 0 Å². The molecule has 1 heterocycles. The molecule has 22 heavy (non-hydrogen) atoms. The quantitative estimate of drug-likeness (QED) is 0.790. The number of benzene rings is 1. The van der Waals surface area contributed by atoms with E-state index in [4.69, 9.17) is 0 Å². The van der Waals surface area contributed by atoms with Crippen molar-refractivity contribution in [1.82, 2.24) is 4.98 Å². The molecule has 0 saturated heterocycles.